The molecule has 0 bridgehead atoms. The van der Waals surface area contributed by atoms with Gasteiger partial charge in [-0.2, -0.15) is 5.26 Å². The maximum Gasteiger partial charge on any atom is 0.243 e. The second-order valence-electron chi connectivity index (χ2n) is 7.59. The highest BCUT2D eigenvalue weighted by atomic mass is 35.5. The summed E-state index contributed by atoms with van der Waals surface area (Å²) in [4.78, 5) is 4.13. The van der Waals surface area contributed by atoms with Crippen LogP contribution in [0.2, 0.25) is 5.02 Å². The van der Waals surface area contributed by atoms with Crippen molar-refractivity contribution in [1.29, 1.82) is 5.26 Å². The number of anilines is 1. The minimum absolute atomic E-state index is 0.0352. The predicted octanol–water partition coefficient (Wildman–Crippen LogP) is 3.84. The largest absolute Gasteiger partial charge is 0.494 e. The second-order valence-corrected chi connectivity index (χ2v) is 10.1. The number of pyridine rings is 1. The number of benzene rings is 1. The molecule has 0 aliphatic carbocycles. The van der Waals surface area contributed by atoms with Gasteiger partial charge < -0.3 is 13.9 Å². The fourth-order valence-corrected chi connectivity index (χ4v) is 4.64. The zero-order chi connectivity index (χ0) is 25.9. The van der Waals surface area contributed by atoms with Crippen LogP contribution in [0.5, 0.6) is 11.5 Å². The summed E-state index contributed by atoms with van der Waals surface area (Å²) in [7, 11) is -1.08. The lowest BCUT2D eigenvalue weighted by molar-refractivity contribution is 0.391. The number of para-hydroxylation sites is 1. The van der Waals surface area contributed by atoms with Crippen molar-refractivity contribution in [2.24, 2.45) is 0 Å². The highest BCUT2D eigenvalue weighted by Gasteiger charge is 2.29. The number of hydrogen-bond donors (Lipinski definition) is 1. The number of nitrogens with one attached hydrogen (secondary N) is 1. The van der Waals surface area contributed by atoms with E-state index >= 15 is 0 Å². The molecule has 1 aromatic carbocycles. The Morgan fingerprint density at radius 2 is 1.92 bits per heavy atom. The van der Waals surface area contributed by atoms with Crippen molar-refractivity contribution in [3.63, 3.8) is 0 Å². The van der Waals surface area contributed by atoms with E-state index in [0.717, 1.165) is 0 Å². The number of nitriles is 1. The van der Waals surface area contributed by atoms with Gasteiger partial charge in [-0.25, -0.2) is 8.42 Å². The van der Waals surface area contributed by atoms with Crippen molar-refractivity contribution < 1.29 is 22.3 Å². The maximum atomic E-state index is 13.3. The molecule has 0 radical (unpaired) electrons. The molecule has 11 nitrogen and oxygen atoms in total. The number of halogens is 1. The lowest BCUT2D eigenvalue weighted by Gasteiger charge is -2.18. The number of furan rings is 1. The minimum Gasteiger partial charge on any atom is -0.494 e. The molecular weight excluding hydrogens is 508 g/mol. The van der Waals surface area contributed by atoms with Crippen LogP contribution < -0.4 is 14.2 Å². The molecule has 0 saturated carbocycles. The Morgan fingerprint density at radius 3 is 2.53 bits per heavy atom. The Hall–Kier alpha value is -4.08. The van der Waals surface area contributed by atoms with Gasteiger partial charge in [-0.05, 0) is 37.3 Å². The van der Waals surface area contributed by atoms with Crippen molar-refractivity contribution in [1.82, 2.24) is 19.7 Å². The quantitative estimate of drug-likeness (QED) is 0.342. The Balaban J connectivity index is 1.77. The molecule has 13 heteroatoms. The van der Waals surface area contributed by atoms with Crippen molar-refractivity contribution in [2.45, 2.75) is 18.6 Å². The average Bonchev–Trinajstić information content (AvgIpc) is 3.54. The van der Waals surface area contributed by atoms with Gasteiger partial charge >= 0.3 is 0 Å². The highest BCUT2D eigenvalue weighted by molar-refractivity contribution is 7.93. The van der Waals surface area contributed by atoms with E-state index < -0.39 is 15.3 Å². The molecule has 3 heterocycles. The summed E-state index contributed by atoms with van der Waals surface area (Å²) in [6.45, 7) is 1.50. The standard InChI is InChI=1S/C23H21ClN6O5S/c1-14(10-17-15(12-25)11-16(24)13-26-17)36(31,32)29-23-28-27-22(20-8-5-9-35-20)30(23)21-18(33-2)6-4-7-19(21)34-3/h4-9,11,13-14H,10H2,1-3H3,(H,28,29). The first-order chi connectivity index (χ1) is 17.3. The number of methoxy groups -OCH3 is 2. The number of aromatic nitrogens is 4. The number of ether oxygens (including phenoxy) is 2. The SMILES string of the molecule is COc1cccc(OC)c1-n1c(NS(=O)(=O)C(C)Cc2ncc(Cl)cc2C#N)nnc1-c1ccco1. The monoisotopic (exact) mass is 528 g/mol. The van der Waals surface area contributed by atoms with Crippen LogP contribution >= 0.6 is 11.6 Å². The number of hydrogen-bond acceptors (Lipinski definition) is 9. The first kappa shape index (κ1) is 25.0. The van der Waals surface area contributed by atoms with E-state index in [2.05, 4.69) is 19.9 Å². The van der Waals surface area contributed by atoms with Crippen LogP contribution in [0.25, 0.3) is 17.3 Å². The van der Waals surface area contributed by atoms with Gasteiger partial charge in [-0.3, -0.25) is 14.3 Å². The van der Waals surface area contributed by atoms with Crippen LogP contribution in [0, 0.1) is 11.3 Å². The highest BCUT2D eigenvalue weighted by Crippen LogP contribution is 2.37. The Bertz CT molecular complexity index is 1510. The van der Waals surface area contributed by atoms with E-state index in [1.807, 2.05) is 6.07 Å². The Labute approximate surface area is 212 Å². The fraction of sp³-hybridized carbons (Fsp3) is 0.217. The summed E-state index contributed by atoms with van der Waals surface area (Å²) < 4.78 is 47.2. The third-order valence-electron chi connectivity index (χ3n) is 5.33. The minimum atomic E-state index is -4.04. The van der Waals surface area contributed by atoms with Crippen LogP contribution in [0.1, 0.15) is 18.2 Å². The van der Waals surface area contributed by atoms with E-state index in [1.165, 1.54) is 44.2 Å². The smallest absolute Gasteiger partial charge is 0.243 e. The molecule has 1 unspecified atom stereocenters. The van der Waals surface area contributed by atoms with Gasteiger partial charge in [0.15, 0.2) is 5.76 Å². The van der Waals surface area contributed by atoms with E-state index in [-0.39, 0.29) is 28.8 Å². The lowest BCUT2D eigenvalue weighted by Crippen LogP contribution is -2.29. The third-order valence-corrected chi connectivity index (χ3v) is 7.23. The number of rotatable bonds is 9. The van der Waals surface area contributed by atoms with Gasteiger partial charge in [-0.15, -0.1) is 10.2 Å². The fourth-order valence-electron chi connectivity index (χ4n) is 3.52. The van der Waals surface area contributed by atoms with E-state index in [4.69, 9.17) is 25.5 Å². The molecule has 1 N–H and O–H groups in total. The van der Waals surface area contributed by atoms with Gasteiger partial charge in [0.25, 0.3) is 0 Å². The van der Waals surface area contributed by atoms with Crippen molar-refractivity contribution in [2.75, 3.05) is 18.9 Å². The maximum absolute atomic E-state index is 13.3. The van der Waals surface area contributed by atoms with Crippen molar-refractivity contribution in [3.05, 3.63) is 65.1 Å². The summed E-state index contributed by atoms with van der Waals surface area (Å²) >= 11 is 5.91. The zero-order valence-corrected chi connectivity index (χ0v) is 21.0. The first-order valence-electron chi connectivity index (χ1n) is 10.6. The summed E-state index contributed by atoms with van der Waals surface area (Å²) in [6.07, 6.45) is 2.79. The molecule has 0 aliphatic rings. The summed E-state index contributed by atoms with van der Waals surface area (Å²) in [5, 5.41) is 16.9. The predicted molar refractivity (Wildman–Crippen MR) is 132 cm³/mol. The van der Waals surface area contributed by atoms with Gasteiger partial charge in [0.05, 0.1) is 42.0 Å². The number of sulfonamides is 1. The Kier molecular flexibility index (Phi) is 7.14. The van der Waals surface area contributed by atoms with E-state index in [9.17, 15) is 13.7 Å². The van der Waals surface area contributed by atoms with E-state index in [0.29, 0.717) is 28.6 Å². The lowest BCUT2D eigenvalue weighted by atomic mass is 10.1. The third kappa shape index (κ3) is 4.84. The zero-order valence-electron chi connectivity index (χ0n) is 19.5. The normalized spacial score (nSPS) is 12.1. The summed E-state index contributed by atoms with van der Waals surface area (Å²) in [6, 6.07) is 11.9. The summed E-state index contributed by atoms with van der Waals surface area (Å²) in [5.74, 6) is 1.23. The molecular formula is C23H21ClN6O5S. The van der Waals surface area contributed by atoms with Crippen LogP contribution in [0.15, 0.2) is 53.3 Å². The molecule has 0 amide bonds. The molecule has 3 aromatic heterocycles. The van der Waals surface area contributed by atoms with Gasteiger partial charge in [0, 0.05) is 12.6 Å². The van der Waals surface area contributed by atoms with Gasteiger partial charge in [-0.1, -0.05) is 17.7 Å². The van der Waals surface area contributed by atoms with Crippen LogP contribution in [-0.2, 0) is 16.4 Å². The van der Waals surface area contributed by atoms with E-state index in [1.54, 1.807) is 30.3 Å². The van der Waals surface area contributed by atoms with Crippen molar-refractivity contribution >= 4 is 27.6 Å². The van der Waals surface area contributed by atoms with Gasteiger partial charge in [0.2, 0.25) is 21.8 Å². The summed E-state index contributed by atoms with van der Waals surface area (Å²) in [5.41, 5.74) is 0.880. The first-order valence-corrected chi connectivity index (χ1v) is 12.5. The van der Waals surface area contributed by atoms with Crippen LogP contribution in [0.4, 0.5) is 5.95 Å². The molecule has 4 aromatic rings. The molecule has 0 aliphatic heterocycles. The van der Waals surface area contributed by atoms with Crippen LogP contribution in [0.3, 0.4) is 0 Å². The molecule has 0 fully saturated rings. The van der Waals surface area contributed by atoms with Crippen LogP contribution in [-0.4, -0.2) is 47.6 Å². The molecule has 1 atom stereocenters. The number of nitrogens with zero attached hydrogens (tertiary/aromatic N) is 5. The van der Waals surface area contributed by atoms with Gasteiger partial charge in [0.1, 0.15) is 23.3 Å². The molecule has 186 valence electrons. The topological polar surface area (TPSA) is 145 Å². The average molecular weight is 529 g/mol. The Morgan fingerprint density at radius 1 is 1.19 bits per heavy atom. The molecule has 0 saturated heterocycles. The second kappa shape index (κ2) is 10.3. The molecule has 0 spiro atoms. The molecule has 36 heavy (non-hydrogen) atoms. The molecule has 4 rings (SSSR count). The van der Waals surface area contributed by atoms with Crippen molar-refractivity contribution in [3.8, 4) is 34.8 Å².